The number of anilines is 2. The smallest absolute Gasteiger partial charge is 0.264 e. The van der Waals surface area contributed by atoms with E-state index in [9.17, 15) is 8.42 Å². The van der Waals surface area contributed by atoms with Crippen molar-refractivity contribution in [2.75, 3.05) is 10.5 Å². The number of nitrogens with zero attached hydrogens (tertiary/aromatic N) is 3. The quantitative estimate of drug-likeness (QED) is 0.806. The van der Waals surface area contributed by atoms with Crippen LogP contribution in [-0.2, 0) is 10.0 Å². The molecule has 0 unspecified atom stereocenters. The van der Waals surface area contributed by atoms with Crippen molar-refractivity contribution in [3.05, 3.63) is 35.7 Å². The van der Waals surface area contributed by atoms with Gasteiger partial charge in [0, 0.05) is 5.69 Å². The van der Waals surface area contributed by atoms with Crippen molar-refractivity contribution >= 4 is 21.7 Å². The molecule has 0 saturated heterocycles. The van der Waals surface area contributed by atoms with E-state index < -0.39 is 10.0 Å². The lowest BCUT2D eigenvalue weighted by molar-refractivity contribution is 0.600. The zero-order chi connectivity index (χ0) is 14.0. The third-order valence-corrected chi connectivity index (χ3v) is 3.85. The SMILES string of the molecule is Cc1nnc(NS(=O)(=O)c2ccc(N)cc2)nc1C. The highest BCUT2D eigenvalue weighted by Crippen LogP contribution is 2.14. The molecule has 0 aliphatic rings. The maximum Gasteiger partial charge on any atom is 0.264 e. The molecule has 1 aromatic heterocycles. The minimum absolute atomic E-state index is 0.0556. The normalized spacial score (nSPS) is 11.3. The molecule has 8 heteroatoms. The Bertz CT molecular complexity index is 698. The molecule has 0 bridgehead atoms. The van der Waals surface area contributed by atoms with E-state index in [0.717, 1.165) is 0 Å². The number of benzene rings is 1. The summed E-state index contributed by atoms with van der Waals surface area (Å²) in [7, 11) is -3.73. The van der Waals surface area contributed by atoms with Crippen molar-refractivity contribution in [1.29, 1.82) is 0 Å². The van der Waals surface area contributed by atoms with Gasteiger partial charge in [-0.15, -0.1) is 5.10 Å². The molecule has 0 spiro atoms. The molecule has 1 heterocycles. The highest BCUT2D eigenvalue weighted by molar-refractivity contribution is 7.92. The number of hydrogen-bond donors (Lipinski definition) is 2. The van der Waals surface area contributed by atoms with Crippen LogP contribution in [-0.4, -0.2) is 23.6 Å². The number of hydrogen-bond acceptors (Lipinski definition) is 6. The van der Waals surface area contributed by atoms with Gasteiger partial charge >= 0.3 is 0 Å². The average Bonchev–Trinajstić information content (AvgIpc) is 2.34. The first kappa shape index (κ1) is 13.2. The van der Waals surface area contributed by atoms with Crippen molar-refractivity contribution in [2.24, 2.45) is 0 Å². The largest absolute Gasteiger partial charge is 0.399 e. The molecule has 2 aromatic rings. The van der Waals surface area contributed by atoms with E-state index >= 15 is 0 Å². The molecule has 0 fully saturated rings. The molecular formula is C11H13N5O2S. The first-order valence-electron chi connectivity index (χ1n) is 5.45. The van der Waals surface area contributed by atoms with E-state index in [1.807, 2.05) is 0 Å². The first-order valence-corrected chi connectivity index (χ1v) is 6.93. The maximum atomic E-state index is 12.0. The van der Waals surface area contributed by atoms with Crippen molar-refractivity contribution in [3.8, 4) is 0 Å². The monoisotopic (exact) mass is 279 g/mol. The van der Waals surface area contributed by atoms with E-state index in [1.165, 1.54) is 24.3 Å². The second-order valence-corrected chi connectivity index (χ2v) is 5.66. The standard InChI is InChI=1S/C11H13N5O2S/c1-7-8(2)14-15-11(13-7)16-19(17,18)10-5-3-9(12)4-6-10/h3-6H,12H2,1-2H3,(H,13,15,16). The van der Waals surface area contributed by atoms with Crippen LogP contribution in [0.5, 0.6) is 0 Å². The Balaban J connectivity index is 2.30. The topological polar surface area (TPSA) is 111 Å². The van der Waals surface area contributed by atoms with Gasteiger partial charge < -0.3 is 5.73 Å². The van der Waals surface area contributed by atoms with Crippen LogP contribution in [0.4, 0.5) is 11.6 Å². The number of aromatic nitrogens is 3. The fraction of sp³-hybridized carbons (Fsp3) is 0.182. The molecule has 19 heavy (non-hydrogen) atoms. The summed E-state index contributed by atoms with van der Waals surface area (Å²) in [5.74, 6) is -0.0556. The van der Waals surface area contributed by atoms with Gasteiger partial charge in [-0.3, -0.25) is 0 Å². The van der Waals surface area contributed by atoms with Gasteiger partial charge in [0.25, 0.3) is 16.0 Å². The van der Waals surface area contributed by atoms with Crippen molar-refractivity contribution in [1.82, 2.24) is 15.2 Å². The van der Waals surface area contributed by atoms with Crippen LogP contribution in [0, 0.1) is 13.8 Å². The second-order valence-electron chi connectivity index (χ2n) is 3.98. The molecule has 0 amide bonds. The molecule has 0 saturated carbocycles. The molecule has 0 atom stereocenters. The molecule has 2 rings (SSSR count). The average molecular weight is 279 g/mol. The summed E-state index contributed by atoms with van der Waals surface area (Å²) in [4.78, 5) is 4.10. The number of rotatable bonds is 3. The number of nitrogens with one attached hydrogen (secondary N) is 1. The lowest BCUT2D eigenvalue weighted by Gasteiger charge is -2.07. The fourth-order valence-electron chi connectivity index (χ4n) is 1.33. The van der Waals surface area contributed by atoms with E-state index in [-0.39, 0.29) is 10.8 Å². The Labute approximate surface area is 110 Å². The van der Waals surface area contributed by atoms with Crippen LogP contribution >= 0.6 is 0 Å². The molecule has 0 radical (unpaired) electrons. The third kappa shape index (κ3) is 2.97. The van der Waals surface area contributed by atoms with Crippen LogP contribution < -0.4 is 10.5 Å². The van der Waals surface area contributed by atoms with Crippen molar-refractivity contribution in [3.63, 3.8) is 0 Å². The number of nitrogens with two attached hydrogens (primary N) is 1. The Morgan fingerprint density at radius 1 is 1.05 bits per heavy atom. The fourth-order valence-corrected chi connectivity index (χ4v) is 2.27. The van der Waals surface area contributed by atoms with Gasteiger partial charge in [0.2, 0.25) is 0 Å². The minimum atomic E-state index is -3.73. The summed E-state index contributed by atoms with van der Waals surface area (Å²) in [6.07, 6.45) is 0. The molecule has 0 aliphatic heterocycles. The van der Waals surface area contributed by atoms with Crippen molar-refractivity contribution in [2.45, 2.75) is 18.7 Å². The second kappa shape index (κ2) is 4.81. The van der Waals surface area contributed by atoms with E-state index in [4.69, 9.17) is 5.73 Å². The van der Waals surface area contributed by atoms with Gasteiger partial charge in [0.05, 0.1) is 16.3 Å². The Morgan fingerprint density at radius 3 is 2.26 bits per heavy atom. The number of aryl methyl sites for hydroxylation is 2. The summed E-state index contributed by atoms with van der Waals surface area (Å²) >= 11 is 0. The van der Waals surface area contributed by atoms with Crippen molar-refractivity contribution < 1.29 is 8.42 Å². The number of sulfonamides is 1. The minimum Gasteiger partial charge on any atom is -0.399 e. The van der Waals surface area contributed by atoms with Crippen LogP contribution in [0.1, 0.15) is 11.4 Å². The molecule has 7 nitrogen and oxygen atoms in total. The molecular weight excluding hydrogens is 266 g/mol. The predicted octanol–water partition coefficient (Wildman–Crippen LogP) is 0.871. The van der Waals surface area contributed by atoms with Crippen LogP contribution in [0.2, 0.25) is 0 Å². The summed E-state index contributed by atoms with van der Waals surface area (Å²) in [6, 6.07) is 5.83. The van der Waals surface area contributed by atoms with Gasteiger partial charge in [0.15, 0.2) is 0 Å². The van der Waals surface area contributed by atoms with Gasteiger partial charge in [-0.05, 0) is 38.1 Å². The third-order valence-electron chi connectivity index (χ3n) is 2.51. The van der Waals surface area contributed by atoms with E-state index in [2.05, 4.69) is 19.9 Å². The van der Waals surface area contributed by atoms with Crippen LogP contribution in [0.15, 0.2) is 29.2 Å². The van der Waals surface area contributed by atoms with Crippen LogP contribution in [0.25, 0.3) is 0 Å². The zero-order valence-electron chi connectivity index (χ0n) is 10.5. The van der Waals surface area contributed by atoms with E-state index in [1.54, 1.807) is 13.8 Å². The van der Waals surface area contributed by atoms with Gasteiger partial charge in [-0.25, -0.2) is 18.1 Å². The summed E-state index contributed by atoms with van der Waals surface area (Å²) < 4.78 is 26.4. The zero-order valence-corrected chi connectivity index (χ0v) is 11.3. The highest BCUT2D eigenvalue weighted by atomic mass is 32.2. The van der Waals surface area contributed by atoms with Gasteiger partial charge in [-0.1, -0.05) is 0 Å². The lowest BCUT2D eigenvalue weighted by atomic mass is 10.3. The number of nitrogen functional groups attached to an aromatic ring is 1. The molecule has 3 N–H and O–H groups in total. The van der Waals surface area contributed by atoms with Gasteiger partial charge in [-0.2, -0.15) is 5.10 Å². The summed E-state index contributed by atoms with van der Waals surface area (Å²) in [5, 5.41) is 7.50. The maximum absolute atomic E-state index is 12.0. The molecule has 1 aromatic carbocycles. The highest BCUT2D eigenvalue weighted by Gasteiger charge is 2.16. The Hall–Kier alpha value is -2.22. The molecule has 100 valence electrons. The first-order chi connectivity index (χ1) is 8.88. The summed E-state index contributed by atoms with van der Waals surface area (Å²) in [6.45, 7) is 3.47. The summed E-state index contributed by atoms with van der Waals surface area (Å²) in [5.41, 5.74) is 7.26. The molecule has 0 aliphatic carbocycles. The Kier molecular flexibility index (Phi) is 3.34. The van der Waals surface area contributed by atoms with Crippen LogP contribution in [0.3, 0.4) is 0 Å². The predicted molar refractivity (Wildman–Crippen MR) is 71.0 cm³/mol. The van der Waals surface area contributed by atoms with E-state index in [0.29, 0.717) is 17.1 Å². The van der Waals surface area contributed by atoms with Gasteiger partial charge in [0.1, 0.15) is 0 Å². The lowest BCUT2D eigenvalue weighted by Crippen LogP contribution is -2.16. The Morgan fingerprint density at radius 2 is 1.68 bits per heavy atom.